The van der Waals surface area contributed by atoms with Crippen molar-refractivity contribution in [1.82, 2.24) is 0 Å². The molecular weight excluding hydrogens is 354 g/mol. The molecule has 0 saturated heterocycles. The predicted molar refractivity (Wildman–Crippen MR) is 107 cm³/mol. The molecule has 2 N–H and O–H groups in total. The summed E-state index contributed by atoms with van der Waals surface area (Å²) in [7, 11) is 1.64. The molecule has 0 aliphatic carbocycles. The zero-order valence-electron chi connectivity index (χ0n) is 16.1. The second-order valence-electron chi connectivity index (χ2n) is 6.78. The number of nitrogens with zero attached hydrogens (tertiary/aromatic N) is 1. The number of hydrogen-bond donors (Lipinski definition) is 3. The molecule has 0 aliphatic rings. The molecule has 0 saturated carbocycles. The maximum Gasteiger partial charge on any atom is 0.0701 e. The smallest absolute Gasteiger partial charge is 0.0701 e. The highest BCUT2D eigenvalue weighted by atomic mass is 32.1. The van der Waals surface area contributed by atoms with Crippen molar-refractivity contribution in [2.24, 2.45) is 0 Å². The molecule has 1 rings (SSSR count). The summed E-state index contributed by atoms with van der Waals surface area (Å²) in [6, 6.07) is 5.68. The molecule has 26 heavy (non-hydrogen) atoms. The molecule has 6 nitrogen and oxygen atoms in total. The molecule has 0 amide bonds. The van der Waals surface area contributed by atoms with Crippen molar-refractivity contribution in [2.75, 3.05) is 58.1 Å². The Hall–Kier alpha value is -0.830. The summed E-state index contributed by atoms with van der Waals surface area (Å²) in [5.41, 5.74) is 2.50. The molecule has 0 radical (unpaired) electrons. The Morgan fingerprint density at radius 3 is 1.96 bits per heavy atom. The monoisotopic (exact) mass is 387 g/mol. The zero-order valence-corrected chi connectivity index (χ0v) is 17.0. The molecule has 0 atom stereocenters. The van der Waals surface area contributed by atoms with Gasteiger partial charge in [-0.3, -0.25) is 0 Å². The number of rotatable bonds is 14. The molecule has 1 aromatic rings. The van der Waals surface area contributed by atoms with Gasteiger partial charge in [0.2, 0.25) is 0 Å². The number of hydrogen-bond acceptors (Lipinski definition) is 7. The summed E-state index contributed by atoms with van der Waals surface area (Å²) < 4.78 is 15.8. The Balaban J connectivity index is 2.62. The summed E-state index contributed by atoms with van der Waals surface area (Å²) in [5.74, 6) is 0. The average molecular weight is 388 g/mol. The van der Waals surface area contributed by atoms with Crippen molar-refractivity contribution in [1.29, 1.82) is 0 Å². The van der Waals surface area contributed by atoms with Gasteiger partial charge in [-0.05, 0) is 37.1 Å². The highest BCUT2D eigenvalue weighted by molar-refractivity contribution is 7.81. The van der Waals surface area contributed by atoms with Crippen molar-refractivity contribution >= 4 is 18.3 Å². The molecular formula is C19H33NO5S. The van der Waals surface area contributed by atoms with Gasteiger partial charge in [-0.25, -0.2) is 0 Å². The molecule has 0 heterocycles. The van der Waals surface area contributed by atoms with Crippen LogP contribution in [-0.4, -0.2) is 68.2 Å². The van der Waals surface area contributed by atoms with E-state index in [4.69, 9.17) is 14.2 Å². The van der Waals surface area contributed by atoms with E-state index in [1.54, 1.807) is 13.2 Å². The summed E-state index contributed by atoms with van der Waals surface area (Å²) in [5, 5.41) is 18.9. The van der Waals surface area contributed by atoms with Gasteiger partial charge in [-0.1, -0.05) is 6.07 Å². The molecule has 0 aliphatic heterocycles. The third-order valence-electron chi connectivity index (χ3n) is 3.65. The first-order chi connectivity index (χ1) is 12.4. The van der Waals surface area contributed by atoms with Gasteiger partial charge in [-0.15, -0.1) is 0 Å². The first-order valence-electron chi connectivity index (χ1n) is 8.86. The Bertz CT molecular complexity index is 485. The van der Waals surface area contributed by atoms with Gasteiger partial charge in [0.05, 0.1) is 46.2 Å². The minimum Gasteiger partial charge on any atom is -0.392 e. The van der Waals surface area contributed by atoms with Crippen LogP contribution in [0.5, 0.6) is 0 Å². The second kappa shape index (κ2) is 12.5. The van der Waals surface area contributed by atoms with Crippen molar-refractivity contribution in [3.8, 4) is 0 Å². The lowest BCUT2D eigenvalue weighted by atomic mass is 10.1. The summed E-state index contributed by atoms with van der Waals surface area (Å²) in [6.07, 6.45) is 0. The van der Waals surface area contributed by atoms with Crippen LogP contribution in [0, 0.1) is 0 Å². The van der Waals surface area contributed by atoms with Crippen LogP contribution in [-0.2, 0) is 27.4 Å². The van der Waals surface area contributed by atoms with Crippen molar-refractivity contribution in [3.63, 3.8) is 0 Å². The first kappa shape index (κ1) is 23.2. The molecule has 0 bridgehead atoms. The van der Waals surface area contributed by atoms with Gasteiger partial charge in [0.1, 0.15) is 0 Å². The van der Waals surface area contributed by atoms with Crippen LogP contribution < -0.4 is 4.90 Å². The van der Waals surface area contributed by atoms with Crippen LogP contribution in [0.3, 0.4) is 0 Å². The number of thiol groups is 1. The molecule has 150 valence electrons. The van der Waals surface area contributed by atoms with Crippen LogP contribution in [0.2, 0.25) is 0 Å². The van der Waals surface area contributed by atoms with E-state index >= 15 is 0 Å². The molecule has 0 spiro atoms. The SMILES string of the molecule is COCCOCCOCCN(CC(C)(C)S)c1cc(CO)cc(CO)c1. The van der Waals surface area contributed by atoms with Gasteiger partial charge in [-0.2, -0.15) is 12.6 Å². The third-order valence-corrected chi connectivity index (χ3v) is 3.80. The first-order valence-corrected chi connectivity index (χ1v) is 9.30. The largest absolute Gasteiger partial charge is 0.392 e. The Kier molecular flexibility index (Phi) is 11.2. The van der Waals surface area contributed by atoms with Crippen LogP contribution in [0.4, 0.5) is 5.69 Å². The van der Waals surface area contributed by atoms with Gasteiger partial charge < -0.3 is 29.3 Å². The van der Waals surface area contributed by atoms with E-state index < -0.39 is 0 Å². The molecule has 7 heteroatoms. The molecule has 0 fully saturated rings. The fourth-order valence-electron chi connectivity index (χ4n) is 2.51. The average Bonchev–Trinajstić information content (AvgIpc) is 2.61. The predicted octanol–water partition coefficient (Wildman–Crippen LogP) is 1.87. The Labute approximate surface area is 162 Å². The number of aliphatic hydroxyl groups is 2. The van der Waals surface area contributed by atoms with E-state index in [1.807, 2.05) is 12.1 Å². The van der Waals surface area contributed by atoms with Gasteiger partial charge >= 0.3 is 0 Å². The van der Waals surface area contributed by atoms with Crippen LogP contribution >= 0.6 is 12.6 Å². The Morgan fingerprint density at radius 1 is 0.923 bits per heavy atom. The number of ether oxygens (including phenoxy) is 3. The van der Waals surface area contributed by atoms with Crippen LogP contribution in [0.1, 0.15) is 25.0 Å². The van der Waals surface area contributed by atoms with Crippen molar-refractivity contribution in [2.45, 2.75) is 31.8 Å². The number of methoxy groups -OCH3 is 1. The van der Waals surface area contributed by atoms with E-state index in [9.17, 15) is 10.2 Å². The van der Waals surface area contributed by atoms with E-state index in [2.05, 4.69) is 31.4 Å². The fourth-order valence-corrected chi connectivity index (χ4v) is 2.68. The third kappa shape index (κ3) is 9.75. The highest BCUT2D eigenvalue weighted by Gasteiger charge is 2.18. The minimum atomic E-state index is -0.197. The van der Waals surface area contributed by atoms with Crippen LogP contribution in [0.25, 0.3) is 0 Å². The van der Waals surface area contributed by atoms with Crippen molar-refractivity contribution < 1.29 is 24.4 Å². The lowest BCUT2D eigenvalue weighted by Crippen LogP contribution is -2.37. The van der Waals surface area contributed by atoms with E-state index in [0.29, 0.717) is 46.1 Å². The van der Waals surface area contributed by atoms with Gasteiger partial charge in [0.15, 0.2) is 0 Å². The topological polar surface area (TPSA) is 71.4 Å². The number of anilines is 1. The quantitative estimate of drug-likeness (QED) is 0.334. The summed E-state index contributed by atoms with van der Waals surface area (Å²) in [6.45, 7) is 8.14. The van der Waals surface area contributed by atoms with E-state index in [-0.39, 0.29) is 18.0 Å². The molecule has 1 aromatic carbocycles. The maximum absolute atomic E-state index is 9.47. The maximum atomic E-state index is 9.47. The summed E-state index contributed by atoms with van der Waals surface area (Å²) in [4.78, 5) is 2.16. The summed E-state index contributed by atoms with van der Waals surface area (Å²) >= 11 is 4.64. The number of aliphatic hydroxyl groups excluding tert-OH is 2. The van der Waals surface area contributed by atoms with E-state index in [0.717, 1.165) is 16.8 Å². The normalized spacial score (nSPS) is 11.8. The fraction of sp³-hybridized carbons (Fsp3) is 0.684. The Morgan fingerprint density at radius 2 is 1.46 bits per heavy atom. The van der Waals surface area contributed by atoms with Crippen LogP contribution in [0.15, 0.2) is 18.2 Å². The zero-order chi connectivity index (χ0) is 19.4. The molecule has 0 aromatic heterocycles. The van der Waals surface area contributed by atoms with Gasteiger partial charge in [0, 0.05) is 30.6 Å². The van der Waals surface area contributed by atoms with E-state index in [1.165, 1.54) is 0 Å². The second-order valence-corrected chi connectivity index (χ2v) is 7.99. The lowest BCUT2D eigenvalue weighted by molar-refractivity contribution is 0.0264. The minimum absolute atomic E-state index is 0.0612. The lowest BCUT2D eigenvalue weighted by Gasteiger charge is -2.32. The molecule has 0 unspecified atom stereocenters. The number of benzene rings is 1. The standard InChI is InChI=1S/C19H33NO5S/c1-19(2,26)15-20(4-5-24-8-9-25-7-6-23-3)18-11-16(13-21)10-17(12-18)14-22/h10-12,21-22,26H,4-9,13-15H2,1-3H3. The van der Waals surface area contributed by atoms with Gasteiger partial charge in [0.25, 0.3) is 0 Å². The van der Waals surface area contributed by atoms with Crippen molar-refractivity contribution in [3.05, 3.63) is 29.3 Å². The highest BCUT2D eigenvalue weighted by Crippen LogP contribution is 2.23.